The van der Waals surface area contributed by atoms with Crippen molar-refractivity contribution in [3.63, 3.8) is 0 Å². The molecule has 2 nitrogen and oxygen atoms in total. The van der Waals surface area contributed by atoms with Gasteiger partial charge in [-0.1, -0.05) is 37.5 Å². The Morgan fingerprint density at radius 3 is 2.29 bits per heavy atom. The summed E-state index contributed by atoms with van der Waals surface area (Å²) in [6.45, 7) is 3.99. The molecular formula is C15H22O2. The standard InChI is InChI=1S/C15H22O2/c1-15(2,16-13-9-5-3-6-10-13)17-14-11-7-4-8-12-14/h3,5-6,9-10,14H,4,7-8,11-12H2,1-2H3. The molecule has 1 aromatic rings. The zero-order valence-electron chi connectivity index (χ0n) is 10.8. The molecule has 94 valence electrons. The summed E-state index contributed by atoms with van der Waals surface area (Å²) >= 11 is 0. The Kier molecular flexibility index (Phi) is 4.06. The maximum absolute atomic E-state index is 6.06. The van der Waals surface area contributed by atoms with Crippen LogP contribution < -0.4 is 4.74 Å². The van der Waals surface area contributed by atoms with Crippen LogP contribution in [0.1, 0.15) is 46.0 Å². The molecule has 0 radical (unpaired) electrons. The zero-order valence-corrected chi connectivity index (χ0v) is 10.8. The van der Waals surface area contributed by atoms with Gasteiger partial charge in [0.15, 0.2) is 0 Å². The third kappa shape index (κ3) is 4.04. The Balaban J connectivity index is 1.89. The van der Waals surface area contributed by atoms with Gasteiger partial charge in [0, 0.05) is 13.8 Å². The van der Waals surface area contributed by atoms with Gasteiger partial charge < -0.3 is 9.47 Å². The lowest BCUT2D eigenvalue weighted by Crippen LogP contribution is -2.37. The van der Waals surface area contributed by atoms with Crippen molar-refractivity contribution in [2.24, 2.45) is 0 Å². The first-order chi connectivity index (χ1) is 8.16. The molecule has 1 saturated carbocycles. The molecule has 0 amide bonds. The van der Waals surface area contributed by atoms with Crippen LogP contribution in [0.15, 0.2) is 30.3 Å². The van der Waals surface area contributed by atoms with Crippen LogP contribution in [0.5, 0.6) is 5.75 Å². The highest BCUT2D eigenvalue weighted by molar-refractivity contribution is 5.21. The summed E-state index contributed by atoms with van der Waals surface area (Å²) in [4.78, 5) is 0. The largest absolute Gasteiger partial charge is 0.463 e. The predicted octanol–water partition coefficient (Wildman–Crippen LogP) is 4.15. The molecule has 1 aromatic carbocycles. The molecule has 0 saturated heterocycles. The molecule has 0 atom stereocenters. The van der Waals surface area contributed by atoms with E-state index in [9.17, 15) is 0 Å². The van der Waals surface area contributed by atoms with E-state index in [0.29, 0.717) is 6.10 Å². The SMILES string of the molecule is CC(C)(Oc1ccccc1)OC1CCCCC1. The molecule has 2 rings (SSSR count). The van der Waals surface area contributed by atoms with Gasteiger partial charge in [0.1, 0.15) is 5.75 Å². The fourth-order valence-electron chi connectivity index (χ4n) is 2.38. The van der Waals surface area contributed by atoms with Gasteiger partial charge in [-0.15, -0.1) is 0 Å². The first-order valence-electron chi connectivity index (χ1n) is 6.58. The molecule has 0 aromatic heterocycles. The Bertz CT molecular complexity index is 326. The number of benzene rings is 1. The highest BCUT2D eigenvalue weighted by Gasteiger charge is 2.26. The summed E-state index contributed by atoms with van der Waals surface area (Å²) in [5.41, 5.74) is 0. The topological polar surface area (TPSA) is 18.5 Å². The minimum atomic E-state index is -0.538. The predicted molar refractivity (Wildman–Crippen MR) is 69.1 cm³/mol. The fourth-order valence-corrected chi connectivity index (χ4v) is 2.38. The smallest absolute Gasteiger partial charge is 0.205 e. The van der Waals surface area contributed by atoms with Crippen molar-refractivity contribution < 1.29 is 9.47 Å². The van der Waals surface area contributed by atoms with E-state index < -0.39 is 5.79 Å². The van der Waals surface area contributed by atoms with Crippen LogP contribution in [-0.2, 0) is 4.74 Å². The van der Waals surface area contributed by atoms with E-state index in [1.807, 2.05) is 44.2 Å². The molecule has 1 aliphatic rings. The van der Waals surface area contributed by atoms with E-state index in [0.717, 1.165) is 5.75 Å². The molecule has 0 spiro atoms. The van der Waals surface area contributed by atoms with Crippen LogP contribution >= 0.6 is 0 Å². The molecular weight excluding hydrogens is 212 g/mol. The van der Waals surface area contributed by atoms with E-state index in [-0.39, 0.29) is 0 Å². The number of rotatable bonds is 4. The molecule has 0 unspecified atom stereocenters. The molecule has 2 heteroatoms. The third-order valence-corrected chi connectivity index (χ3v) is 3.11. The normalized spacial score (nSPS) is 18.0. The van der Waals surface area contributed by atoms with Crippen LogP contribution in [0.2, 0.25) is 0 Å². The van der Waals surface area contributed by atoms with E-state index in [1.165, 1.54) is 32.1 Å². The van der Waals surface area contributed by atoms with Crippen LogP contribution in [0.3, 0.4) is 0 Å². The lowest BCUT2D eigenvalue weighted by Gasteiger charge is -2.33. The van der Waals surface area contributed by atoms with Gasteiger partial charge >= 0.3 is 0 Å². The summed E-state index contributed by atoms with van der Waals surface area (Å²) < 4.78 is 11.9. The number of para-hydroxylation sites is 1. The second kappa shape index (κ2) is 5.54. The average molecular weight is 234 g/mol. The molecule has 1 fully saturated rings. The van der Waals surface area contributed by atoms with E-state index in [2.05, 4.69) is 0 Å². The summed E-state index contributed by atoms with van der Waals surface area (Å²) in [5, 5.41) is 0. The van der Waals surface area contributed by atoms with E-state index in [1.54, 1.807) is 0 Å². The van der Waals surface area contributed by atoms with Crippen LogP contribution in [0.4, 0.5) is 0 Å². The van der Waals surface area contributed by atoms with Crippen LogP contribution in [0.25, 0.3) is 0 Å². The summed E-state index contributed by atoms with van der Waals surface area (Å²) in [6.07, 6.45) is 6.61. The monoisotopic (exact) mass is 234 g/mol. The molecule has 0 N–H and O–H groups in total. The number of hydrogen-bond donors (Lipinski definition) is 0. The van der Waals surface area contributed by atoms with Crippen molar-refractivity contribution in [1.29, 1.82) is 0 Å². The molecule has 17 heavy (non-hydrogen) atoms. The highest BCUT2D eigenvalue weighted by atomic mass is 16.7. The molecule has 0 bridgehead atoms. The maximum atomic E-state index is 6.06. The maximum Gasteiger partial charge on any atom is 0.205 e. The lowest BCUT2D eigenvalue weighted by molar-refractivity contribution is -0.193. The van der Waals surface area contributed by atoms with Gasteiger partial charge in [-0.2, -0.15) is 0 Å². The number of ether oxygens (including phenoxy) is 2. The van der Waals surface area contributed by atoms with Crippen molar-refractivity contribution >= 4 is 0 Å². The first kappa shape index (κ1) is 12.4. The fraction of sp³-hybridized carbons (Fsp3) is 0.600. The summed E-state index contributed by atoms with van der Waals surface area (Å²) in [6, 6.07) is 9.87. The van der Waals surface area contributed by atoms with E-state index >= 15 is 0 Å². The quantitative estimate of drug-likeness (QED) is 0.729. The number of hydrogen-bond acceptors (Lipinski definition) is 2. The minimum absolute atomic E-state index is 0.363. The van der Waals surface area contributed by atoms with Gasteiger partial charge in [-0.05, 0) is 25.0 Å². The lowest BCUT2D eigenvalue weighted by atomic mass is 9.97. The van der Waals surface area contributed by atoms with Crippen LogP contribution in [-0.4, -0.2) is 11.9 Å². The van der Waals surface area contributed by atoms with E-state index in [4.69, 9.17) is 9.47 Å². The average Bonchev–Trinajstić information content (AvgIpc) is 2.30. The van der Waals surface area contributed by atoms with Crippen molar-refractivity contribution in [2.45, 2.75) is 57.8 Å². The van der Waals surface area contributed by atoms with Gasteiger partial charge in [0.05, 0.1) is 6.10 Å². The minimum Gasteiger partial charge on any atom is -0.463 e. The third-order valence-electron chi connectivity index (χ3n) is 3.11. The first-order valence-corrected chi connectivity index (χ1v) is 6.58. The highest BCUT2D eigenvalue weighted by Crippen LogP contribution is 2.26. The van der Waals surface area contributed by atoms with Crippen molar-refractivity contribution in [3.8, 4) is 5.75 Å². The van der Waals surface area contributed by atoms with Gasteiger partial charge in [0.25, 0.3) is 0 Å². The van der Waals surface area contributed by atoms with Crippen molar-refractivity contribution in [1.82, 2.24) is 0 Å². The van der Waals surface area contributed by atoms with Gasteiger partial charge in [-0.3, -0.25) is 0 Å². The van der Waals surface area contributed by atoms with Gasteiger partial charge in [0.2, 0.25) is 5.79 Å². The summed E-state index contributed by atoms with van der Waals surface area (Å²) in [7, 11) is 0. The van der Waals surface area contributed by atoms with Crippen molar-refractivity contribution in [2.75, 3.05) is 0 Å². The Labute approximate surface area is 104 Å². The van der Waals surface area contributed by atoms with Crippen LogP contribution in [0, 0.1) is 0 Å². The molecule has 0 heterocycles. The Morgan fingerprint density at radius 1 is 1.00 bits per heavy atom. The van der Waals surface area contributed by atoms with Gasteiger partial charge in [-0.25, -0.2) is 0 Å². The molecule has 0 aliphatic heterocycles. The second-order valence-corrected chi connectivity index (χ2v) is 5.19. The second-order valence-electron chi connectivity index (χ2n) is 5.19. The molecule has 1 aliphatic carbocycles. The van der Waals surface area contributed by atoms with Crippen molar-refractivity contribution in [3.05, 3.63) is 30.3 Å². The Morgan fingerprint density at radius 2 is 1.65 bits per heavy atom. The summed E-state index contributed by atoms with van der Waals surface area (Å²) in [5.74, 6) is 0.330. The zero-order chi connectivity index (χ0) is 12.1. The Hall–Kier alpha value is -1.02.